The van der Waals surface area contributed by atoms with Gasteiger partial charge in [0, 0.05) is 23.4 Å². The number of carbonyl (C=O) groups is 1. The molecule has 0 heterocycles. The Bertz CT molecular complexity index is 1000. The Hall–Kier alpha value is -2.53. The Morgan fingerprint density at radius 3 is 2.68 bits per heavy atom. The van der Waals surface area contributed by atoms with Gasteiger partial charge in [-0.2, -0.15) is 18.2 Å². The molecule has 0 saturated heterocycles. The smallest absolute Gasteiger partial charge is 0.379 e. The van der Waals surface area contributed by atoms with Crippen molar-refractivity contribution in [2.24, 2.45) is 10.9 Å². The fraction of sp³-hybridized carbons (Fsp3) is 0.368. The summed E-state index contributed by atoms with van der Waals surface area (Å²) in [6, 6.07) is 2.10. The van der Waals surface area contributed by atoms with E-state index in [2.05, 4.69) is 27.7 Å². The van der Waals surface area contributed by atoms with E-state index < -0.39 is 33.9 Å². The average molecular weight is 473 g/mol. The van der Waals surface area contributed by atoms with E-state index >= 15 is 0 Å². The number of thiocarbonyl (C=S) groups is 1. The molecule has 0 radical (unpaired) electrons. The lowest BCUT2D eigenvalue weighted by molar-refractivity contribution is -0.388. The zero-order valence-electron chi connectivity index (χ0n) is 16.4. The van der Waals surface area contributed by atoms with Crippen molar-refractivity contribution in [2.75, 3.05) is 11.1 Å². The molecule has 0 bridgehead atoms. The van der Waals surface area contributed by atoms with E-state index in [-0.39, 0.29) is 17.4 Å². The van der Waals surface area contributed by atoms with E-state index in [1.165, 1.54) is 18.7 Å². The van der Waals surface area contributed by atoms with Crippen LogP contribution in [0, 0.1) is 16.0 Å². The van der Waals surface area contributed by atoms with Crippen LogP contribution in [0.5, 0.6) is 0 Å². The molecule has 7 nitrogen and oxygen atoms in total. The molecule has 1 aromatic carbocycles. The molecule has 2 atom stereocenters. The van der Waals surface area contributed by atoms with Gasteiger partial charge in [-0.05, 0) is 48.7 Å². The summed E-state index contributed by atoms with van der Waals surface area (Å²) in [5.41, 5.74) is -4.08. The Morgan fingerprint density at radius 1 is 1.45 bits per heavy atom. The fourth-order valence-electron chi connectivity index (χ4n) is 2.69. The minimum Gasteiger partial charge on any atom is -0.379 e. The molecule has 2 N–H and O–H groups in total. The minimum absolute atomic E-state index is 0.0594. The molecule has 1 aliphatic carbocycles. The molecule has 1 aromatic rings. The highest BCUT2D eigenvalue weighted by Crippen LogP contribution is 2.38. The molecule has 0 fully saturated rings. The van der Waals surface area contributed by atoms with E-state index in [0.717, 1.165) is 16.7 Å². The number of aliphatic hydroxyl groups is 1. The molecule has 0 aromatic heterocycles. The van der Waals surface area contributed by atoms with Crippen LogP contribution in [0.2, 0.25) is 0 Å². The lowest BCUT2D eigenvalue weighted by atomic mass is 9.99. The Balaban J connectivity index is 2.11. The van der Waals surface area contributed by atoms with Crippen molar-refractivity contribution < 1.29 is 28.0 Å². The number of hydrogen-bond acceptors (Lipinski definition) is 7. The van der Waals surface area contributed by atoms with Gasteiger partial charge in [-0.3, -0.25) is 14.9 Å². The number of alkyl halides is 3. The molecule has 31 heavy (non-hydrogen) atoms. The van der Waals surface area contributed by atoms with Crippen LogP contribution >= 0.6 is 24.0 Å². The van der Waals surface area contributed by atoms with Gasteiger partial charge in [-0.1, -0.05) is 13.0 Å². The number of nitrogens with zero attached hydrogens (tertiary/aromatic N) is 2. The van der Waals surface area contributed by atoms with E-state index in [1.54, 1.807) is 12.2 Å². The number of nitro benzene ring substituents is 1. The molecule has 166 valence electrons. The van der Waals surface area contributed by atoms with E-state index in [0.29, 0.717) is 18.6 Å². The normalized spacial score (nSPS) is 18.2. The largest absolute Gasteiger partial charge is 0.423 e. The lowest BCUT2D eigenvalue weighted by Gasteiger charge is -2.24. The first-order chi connectivity index (χ1) is 14.3. The number of benzene rings is 1. The van der Waals surface area contributed by atoms with Crippen molar-refractivity contribution in [1.82, 2.24) is 0 Å². The maximum Gasteiger partial charge on any atom is 0.423 e. The third-order valence-electron chi connectivity index (χ3n) is 4.41. The van der Waals surface area contributed by atoms with Gasteiger partial charge in [0.25, 0.3) is 11.6 Å². The number of thioether (sulfide) groups is 1. The summed E-state index contributed by atoms with van der Waals surface area (Å²) >= 11 is 5.82. The number of amides is 1. The van der Waals surface area contributed by atoms with Crippen LogP contribution in [0.15, 0.2) is 45.9 Å². The van der Waals surface area contributed by atoms with Gasteiger partial charge in [-0.15, -0.1) is 11.8 Å². The minimum atomic E-state index is -4.98. The molecule has 2 rings (SSSR count). The third kappa shape index (κ3) is 6.47. The Kier molecular flexibility index (Phi) is 7.77. The summed E-state index contributed by atoms with van der Waals surface area (Å²) in [6.07, 6.45) is -0.812. The third-order valence-corrected chi connectivity index (χ3v) is 5.88. The van der Waals surface area contributed by atoms with Crippen LogP contribution in [0.25, 0.3) is 0 Å². The summed E-state index contributed by atoms with van der Waals surface area (Å²) in [6.45, 7) is 3.17. The second kappa shape index (κ2) is 9.73. The Labute approximate surface area is 185 Å². The maximum absolute atomic E-state index is 13.1. The van der Waals surface area contributed by atoms with Crippen LogP contribution in [-0.4, -0.2) is 32.5 Å². The second-order valence-corrected chi connectivity index (χ2v) is 8.32. The van der Waals surface area contributed by atoms with Crippen molar-refractivity contribution >= 4 is 46.4 Å². The predicted molar refractivity (Wildman–Crippen MR) is 115 cm³/mol. The quantitative estimate of drug-likeness (QED) is 0.251. The number of hydrogen-bond donors (Lipinski definition) is 2. The molecule has 12 heteroatoms. The molecule has 1 amide bonds. The van der Waals surface area contributed by atoms with Gasteiger partial charge < -0.3 is 10.4 Å². The van der Waals surface area contributed by atoms with Crippen LogP contribution in [0.1, 0.15) is 25.8 Å². The number of nitro groups is 1. The van der Waals surface area contributed by atoms with Gasteiger partial charge in [0.2, 0.25) is 0 Å². The van der Waals surface area contributed by atoms with Gasteiger partial charge in [0.15, 0.2) is 0 Å². The van der Waals surface area contributed by atoms with E-state index in [9.17, 15) is 33.2 Å². The SMILES string of the molecule is CC1CC(SC[C@](C)(O)C(=O)Nc2ccc([N+](=O)[O-])c(C(F)(F)F)c2)=CC=C1N=C=S. The number of isothiocyanates is 1. The summed E-state index contributed by atoms with van der Waals surface area (Å²) in [5, 5.41) is 25.8. The highest BCUT2D eigenvalue weighted by atomic mass is 32.2. The van der Waals surface area contributed by atoms with Crippen LogP contribution in [-0.2, 0) is 11.0 Å². The molecular formula is C19H18F3N3O4S2. The second-order valence-electron chi connectivity index (χ2n) is 7.04. The highest BCUT2D eigenvalue weighted by Gasteiger charge is 2.39. The first-order valence-corrected chi connectivity index (χ1v) is 10.3. The van der Waals surface area contributed by atoms with Gasteiger partial charge in [-0.25, -0.2) is 0 Å². The number of rotatable bonds is 7. The lowest BCUT2D eigenvalue weighted by Crippen LogP contribution is -2.42. The number of carbonyl (C=O) groups excluding carboxylic acids is 1. The van der Waals surface area contributed by atoms with Crippen LogP contribution in [0.4, 0.5) is 24.5 Å². The topological polar surface area (TPSA) is 105 Å². The van der Waals surface area contributed by atoms with Crippen molar-refractivity contribution in [1.29, 1.82) is 0 Å². The van der Waals surface area contributed by atoms with E-state index in [1.807, 2.05) is 6.92 Å². The molecule has 0 saturated carbocycles. The monoisotopic (exact) mass is 473 g/mol. The first kappa shape index (κ1) is 24.7. The van der Waals surface area contributed by atoms with Crippen LogP contribution < -0.4 is 5.32 Å². The molecule has 0 spiro atoms. The Morgan fingerprint density at radius 2 is 2.13 bits per heavy atom. The fourth-order valence-corrected chi connectivity index (χ4v) is 3.92. The van der Waals surface area contributed by atoms with Crippen LogP contribution in [0.3, 0.4) is 0 Å². The predicted octanol–water partition coefficient (Wildman–Crippen LogP) is 4.95. The zero-order valence-corrected chi connectivity index (χ0v) is 18.0. The van der Waals surface area contributed by atoms with Crippen molar-refractivity contribution in [3.8, 4) is 0 Å². The number of halogens is 3. The number of allylic oxidation sites excluding steroid dienone is 4. The first-order valence-electron chi connectivity index (χ1n) is 8.86. The van der Waals surface area contributed by atoms with Gasteiger partial charge in [0.05, 0.1) is 15.8 Å². The number of anilines is 1. The number of nitrogens with one attached hydrogen (secondary N) is 1. The summed E-state index contributed by atoms with van der Waals surface area (Å²) in [4.78, 5) is 27.0. The van der Waals surface area contributed by atoms with Crippen molar-refractivity contribution in [2.45, 2.75) is 32.0 Å². The standard InChI is InChI=1S/C19H18F3N3O4S2/c1-11-7-13(4-5-15(11)23-10-30)31-9-18(2,27)17(26)24-12-3-6-16(25(28)29)14(8-12)19(20,21)22/h3-6,8,11,27H,7,9H2,1-2H3,(H,24,26)/t11?,18-/m0/s1. The van der Waals surface area contributed by atoms with Crippen molar-refractivity contribution in [3.05, 3.63) is 56.6 Å². The average Bonchev–Trinajstić information content (AvgIpc) is 2.67. The van der Waals surface area contributed by atoms with Gasteiger partial charge >= 0.3 is 6.18 Å². The van der Waals surface area contributed by atoms with Crippen molar-refractivity contribution in [3.63, 3.8) is 0 Å². The maximum atomic E-state index is 13.1. The molecular weight excluding hydrogens is 455 g/mol. The zero-order chi connectivity index (χ0) is 23.4. The summed E-state index contributed by atoms with van der Waals surface area (Å²) in [7, 11) is 0. The molecule has 1 aliphatic rings. The molecule has 0 aliphatic heterocycles. The van der Waals surface area contributed by atoms with E-state index in [4.69, 9.17) is 0 Å². The number of aliphatic imine (C=N–C) groups is 1. The summed E-state index contributed by atoms with van der Waals surface area (Å²) in [5.74, 6) is -0.925. The van der Waals surface area contributed by atoms with Gasteiger partial charge in [0.1, 0.15) is 11.2 Å². The highest BCUT2D eigenvalue weighted by molar-refractivity contribution is 8.03. The molecule has 1 unspecified atom stereocenters. The summed E-state index contributed by atoms with van der Waals surface area (Å²) < 4.78 is 39.3.